The molecule has 3 N–H and O–H groups in total. The highest BCUT2D eigenvalue weighted by Gasteiger charge is 2.26. The van der Waals surface area contributed by atoms with Crippen molar-refractivity contribution >= 4 is 23.0 Å². The molecule has 5 heteroatoms. The van der Waals surface area contributed by atoms with Crippen molar-refractivity contribution in [1.82, 2.24) is 5.32 Å². The molecule has 2 aromatic rings. The molecule has 0 radical (unpaired) electrons. The van der Waals surface area contributed by atoms with Gasteiger partial charge in [0.2, 0.25) is 0 Å². The SMILES string of the molecule is O=C1Nc2cc(Nc3ccccc3)ccc2OC1=C1CCNCC1. The fraction of sp³-hybridized carbons (Fsp3) is 0.211. The molecule has 0 saturated carbocycles. The molecule has 2 aliphatic rings. The van der Waals surface area contributed by atoms with Crippen LogP contribution in [0.2, 0.25) is 0 Å². The van der Waals surface area contributed by atoms with Gasteiger partial charge < -0.3 is 20.7 Å². The maximum atomic E-state index is 12.4. The third-order valence-corrected chi connectivity index (χ3v) is 4.24. The van der Waals surface area contributed by atoms with Gasteiger partial charge in [0.1, 0.15) is 0 Å². The van der Waals surface area contributed by atoms with Crippen LogP contribution in [0.1, 0.15) is 12.8 Å². The first-order chi connectivity index (χ1) is 11.8. The molecule has 0 atom stereocenters. The Morgan fingerprint density at radius 3 is 2.54 bits per heavy atom. The van der Waals surface area contributed by atoms with E-state index >= 15 is 0 Å². The minimum Gasteiger partial charge on any atom is -0.449 e. The molecule has 0 unspecified atom stereocenters. The number of fused-ring (bicyclic) bond motifs is 1. The molecule has 0 aliphatic carbocycles. The second-order valence-corrected chi connectivity index (χ2v) is 5.94. The van der Waals surface area contributed by atoms with E-state index in [4.69, 9.17) is 4.74 Å². The number of hydrogen-bond donors (Lipinski definition) is 3. The summed E-state index contributed by atoms with van der Waals surface area (Å²) in [6, 6.07) is 15.6. The van der Waals surface area contributed by atoms with E-state index in [1.165, 1.54) is 0 Å². The van der Waals surface area contributed by atoms with E-state index in [0.717, 1.165) is 42.9 Å². The van der Waals surface area contributed by atoms with E-state index in [9.17, 15) is 4.79 Å². The van der Waals surface area contributed by atoms with Crippen molar-refractivity contribution in [2.24, 2.45) is 0 Å². The Kier molecular flexibility index (Phi) is 3.92. The molecule has 0 aromatic heterocycles. The molecule has 2 heterocycles. The number of nitrogens with one attached hydrogen (secondary N) is 3. The largest absolute Gasteiger partial charge is 0.449 e. The van der Waals surface area contributed by atoms with Gasteiger partial charge >= 0.3 is 0 Å². The smallest absolute Gasteiger partial charge is 0.291 e. The summed E-state index contributed by atoms with van der Waals surface area (Å²) < 4.78 is 5.90. The second kappa shape index (κ2) is 6.37. The summed E-state index contributed by atoms with van der Waals surface area (Å²) in [7, 11) is 0. The van der Waals surface area contributed by atoms with Gasteiger partial charge in [-0.3, -0.25) is 4.79 Å². The average Bonchev–Trinajstić information content (AvgIpc) is 2.63. The Labute approximate surface area is 140 Å². The Bertz CT molecular complexity index is 792. The van der Waals surface area contributed by atoms with Gasteiger partial charge in [0, 0.05) is 11.4 Å². The maximum absolute atomic E-state index is 12.4. The Balaban J connectivity index is 1.58. The van der Waals surface area contributed by atoms with Crippen LogP contribution in [-0.4, -0.2) is 19.0 Å². The zero-order chi connectivity index (χ0) is 16.4. The van der Waals surface area contributed by atoms with Gasteiger partial charge in [-0.05, 0) is 61.8 Å². The van der Waals surface area contributed by atoms with Gasteiger partial charge in [-0.2, -0.15) is 0 Å². The molecule has 2 aromatic carbocycles. The van der Waals surface area contributed by atoms with Gasteiger partial charge in [0.25, 0.3) is 5.91 Å². The van der Waals surface area contributed by atoms with Crippen LogP contribution in [0, 0.1) is 0 Å². The predicted octanol–water partition coefficient (Wildman–Crippen LogP) is 3.40. The molecular weight excluding hydrogens is 302 g/mol. The van der Waals surface area contributed by atoms with Gasteiger partial charge in [0.15, 0.2) is 11.5 Å². The fourth-order valence-corrected chi connectivity index (χ4v) is 3.01. The number of carbonyl (C=O) groups is 1. The summed E-state index contributed by atoms with van der Waals surface area (Å²) in [5, 5.41) is 9.56. The van der Waals surface area contributed by atoms with Crippen molar-refractivity contribution in [3.05, 3.63) is 59.9 Å². The molecule has 1 amide bonds. The van der Waals surface area contributed by atoms with Gasteiger partial charge in [-0.25, -0.2) is 0 Å². The first-order valence-electron chi connectivity index (χ1n) is 8.18. The zero-order valence-corrected chi connectivity index (χ0v) is 13.3. The molecule has 2 aliphatic heterocycles. The lowest BCUT2D eigenvalue weighted by Gasteiger charge is -2.25. The summed E-state index contributed by atoms with van der Waals surface area (Å²) in [4.78, 5) is 12.4. The highest BCUT2D eigenvalue weighted by Crippen LogP contribution is 2.35. The van der Waals surface area contributed by atoms with E-state index < -0.39 is 0 Å². The molecular formula is C19H19N3O2. The Morgan fingerprint density at radius 2 is 1.75 bits per heavy atom. The third kappa shape index (κ3) is 2.98. The summed E-state index contributed by atoms with van der Waals surface area (Å²) >= 11 is 0. The minimum atomic E-state index is -0.156. The van der Waals surface area contributed by atoms with Crippen LogP contribution in [0.4, 0.5) is 17.1 Å². The minimum absolute atomic E-state index is 0.156. The number of piperidine rings is 1. The molecule has 122 valence electrons. The van der Waals surface area contributed by atoms with Crippen molar-refractivity contribution in [2.75, 3.05) is 23.7 Å². The fourth-order valence-electron chi connectivity index (χ4n) is 3.01. The summed E-state index contributed by atoms with van der Waals surface area (Å²) in [6.45, 7) is 1.78. The lowest BCUT2D eigenvalue weighted by Crippen LogP contribution is -2.30. The van der Waals surface area contributed by atoms with Crippen molar-refractivity contribution < 1.29 is 9.53 Å². The van der Waals surface area contributed by atoms with Crippen LogP contribution < -0.4 is 20.7 Å². The van der Waals surface area contributed by atoms with Crippen molar-refractivity contribution in [2.45, 2.75) is 12.8 Å². The molecule has 5 nitrogen and oxygen atoms in total. The number of para-hydroxylation sites is 1. The van der Waals surface area contributed by atoms with Gasteiger partial charge in [-0.15, -0.1) is 0 Å². The molecule has 0 spiro atoms. The maximum Gasteiger partial charge on any atom is 0.291 e. The summed E-state index contributed by atoms with van der Waals surface area (Å²) in [5.41, 5.74) is 3.68. The first-order valence-corrected chi connectivity index (χ1v) is 8.18. The van der Waals surface area contributed by atoms with Crippen LogP contribution in [0.25, 0.3) is 0 Å². The second-order valence-electron chi connectivity index (χ2n) is 5.94. The van der Waals surface area contributed by atoms with Crippen molar-refractivity contribution in [3.63, 3.8) is 0 Å². The van der Waals surface area contributed by atoms with Crippen molar-refractivity contribution in [3.8, 4) is 5.75 Å². The first kappa shape index (κ1) is 14.8. The number of carbonyl (C=O) groups excluding carboxylic acids is 1. The number of amides is 1. The highest BCUT2D eigenvalue weighted by atomic mass is 16.5. The number of benzene rings is 2. The summed E-state index contributed by atoms with van der Waals surface area (Å²) in [6.07, 6.45) is 1.71. The van der Waals surface area contributed by atoms with Crippen LogP contribution in [0.3, 0.4) is 0 Å². The normalized spacial score (nSPS) is 16.9. The van der Waals surface area contributed by atoms with Crippen LogP contribution in [0.15, 0.2) is 59.9 Å². The Hall–Kier alpha value is -2.79. The average molecular weight is 321 g/mol. The topological polar surface area (TPSA) is 62.4 Å². The van der Waals surface area contributed by atoms with Crippen LogP contribution in [-0.2, 0) is 4.79 Å². The Morgan fingerprint density at radius 1 is 0.958 bits per heavy atom. The third-order valence-electron chi connectivity index (χ3n) is 4.24. The van der Waals surface area contributed by atoms with Crippen LogP contribution >= 0.6 is 0 Å². The molecule has 1 fully saturated rings. The van der Waals surface area contributed by atoms with E-state index in [1.54, 1.807) is 0 Å². The quantitative estimate of drug-likeness (QED) is 0.742. The van der Waals surface area contributed by atoms with E-state index in [1.807, 2.05) is 48.5 Å². The van der Waals surface area contributed by atoms with Crippen LogP contribution in [0.5, 0.6) is 5.75 Å². The van der Waals surface area contributed by atoms with Gasteiger partial charge in [0.05, 0.1) is 5.69 Å². The van der Waals surface area contributed by atoms with Crippen molar-refractivity contribution in [1.29, 1.82) is 0 Å². The molecule has 4 rings (SSSR count). The number of rotatable bonds is 2. The molecule has 24 heavy (non-hydrogen) atoms. The van der Waals surface area contributed by atoms with E-state index in [-0.39, 0.29) is 5.91 Å². The number of anilines is 3. The lowest BCUT2D eigenvalue weighted by molar-refractivity contribution is -0.115. The molecule has 1 saturated heterocycles. The predicted molar refractivity (Wildman–Crippen MR) is 94.6 cm³/mol. The lowest BCUT2D eigenvalue weighted by atomic mass is 10.0. The number of hydrogen-bond acceptors (Lipinski definition) is 4. The van der Waals surface area contributed by atoms with E-state index in [0.29, 0.717) is 17.2 Å². The highest BCUT2D eigenvalue weighted by molar-refractivity contribution is 6.06. The monoisotopic (exact) mass is 321 g/mol. The standard InChI is InChI=1S/C19H19N3O2/c23-19-18(13-8-10-20-11-9-13)24-17-7-6-15(12-16(17)22-19)21-14-4-2-1-3-5-14/h1-7,12,20-21H,8-11H2,(H,22,23). The zero-order valence-electron chi connectivity index (χ0n) is 13.3. The van der Waals surface area contributed by atoms with E-state index in [2.05, 4.69) is 16.0 Å². The summed E-state index contributed by atoms with van der Waals surface area (Å²) in [5.74, 6) is 0.998. The van der Waals surface area contributed by atoms with Gasteiger partial charge in [-0.1, -0.05) is 18.2 Å². The molecule has 0 bridgehead atoms. The number of ether oxygens (including phenoxy) is 1.